The maximum atomic E-state index is 12.0. The molecule has 1 atom stereocenters. The number of hydrogen-bond acceptors (Lipinski definition) is 1. The molecule has 82 valence electrons. The molecule has 0 saturated heterocycles. The molecule has 1 unspecified atom stereocenters. The Labute approximate surface area is 104 Å². The molecule has 2 rings (SSSR count). The van der Waals surface area contributed by atoms with Crippen molar-refractivity contribution in [2.75, 3.05) is 0 Å². The van der Waals surface area contributed by atoms with Gasteiger partial charge in [-0.2, -0.15) is 0 Å². The first-order valence-electron chi connectivity index (χ1n) is 5.27. The fourth-order valence-corrected chi connectivity index (χ4v) is 2.08. The van der Waals surface area contributed by atoms with Crippen molar-refractivity contribution in [1.82, 2.24) is 0 Å². The van der Waals surface area contributed by atoms with Gasteiger partial charge in [0.05, 0.1) is 4.83 Å². The first-order chi connectivity index (χ1) is 7.59. The minimum absolute atomic E-state index is 0.134. The van der Waals surface area contributed by atoms with E-state index in [-0.39, 0.29) is 10.6 Å². The lowest BCUT2D eigenvalue weighted by Crippen LogP contribution is -2.10. The van der Waals surface area contributed by atoms with Crippen LogP contribution in [0.25, 0.3) is 10.8 Å². The van der Waals surface area contributed by atoms with Gasteiger partial charge in [-0.3, -0.25) is 4.79 Å². The van der Waals surface area contributed by atoms with Gasteiger partial charge in [-0.25, -0.2) is 0 Å². The van der Waals surface area contributed by atoms with Crippen molar-refractivity contribution in [3.8, 4) is 0 Å². The third-order valence-electron chi connectivity index (χ3n) is 2.66. The fourth-order valence-electron chi connectivity index (χ4n) is 1.83. The van der Waals surface area contributed by atoms with Crippen molar-refractivity contribution in [3.05, 3.63) is 47.5 Å². The van der Waals surface area contributed by atoms with Crippen LogP contribution in [0.3, 0.4) is 0 Å². The summed E-state index contributed by atoms with van der Waals surface area (Å²) in [5.41, 5.74) is 2.01. The molecular weight excluding hydrogens is 264 g/mol. The van der Waals surface area contributed by atoms with Crippen LogP contribution in [0.15, 0.2) is 36.4 Å². The molecule has 0 fully saturated rings. The van der Waals surface area contributed by atoms with E-state index in [1.54, 1.807) is 0 Å². The molecule has 2 aromatic carbocycles. The van der Waals surface area contributed by atoms with E-state index in [1.165, 1.54) is 5.56 Å². The fraction of sp³-hybridized carbons (Fsp3) is 0.214. The molecule has 2 aromatic rings. The van der Waals surface area contributed by atoms with Gasteiger partial charge in [0, 0.05) is 5.56 Å². The van der Waals surface area contributed by atoms with Gasteiger partial charge in [-0.15, -0.1) is 0 Å². The number of rotatable bonds is 2. The molecular formula is C14H13BrO. The first kappa shape index (κ1) is 11.3. The predicted octanol–water partition coefficient (Wildman–Crippen LogP) is 4.11. The maximum absolute atomic E-state index is 12.0. The van der Waals surface area contributed by atoms with Crippen molar-refractivity contribution >= 4 is 32.5 Å². The summed E-state index contributed by atoms with van der Waals surface area (Å²) in [5, 5.41) is 2.16. The van der Waals surface area contributed by atoms with Crippen LogP contribution < -0.4 is 0 Å². The highest BCUT2D eigenvalue weighted by Gasteiger charge is 2.14. The second-order valence-corrected chi connectivity index (χ2v) is 5.38. The van der Waals surface area contributed by atoms with Crippen molar-refractivity contribution in [2.24, 2.45) is 0 Å². The standard InChI is InChI=1S/C14H13BrO/c1-9-6-7-12-11(8-9)4-3-5-13(12)14(16)10(2)15/h3-8,10H,1-2H3. The molecule has 0 aromatic heterocycles. The molecule has 2 heteroatoms. The van der Waals surface area contributed by atoms with Crippen molar-refractivity contribution in [1.29, 1.82) is 0 Å². The summed E-state index contributed by atoms with van der Waals surface area (Å²) in [7, 11) is 0. The summed E-state index contributed by atoms with van der Waals surface area (Å²) in [4.78, 5) is 11.9. The van der Waals surface area contributed by atoms with E-state index in [0.29, 0.717) is 0 Å². The first-order valence-corrected chi connectivity index (χ1v) is 6.19. The lowest BCUT2D eigenvalue weighted by molar-refractivity contribution is 0.0997. The van der Waals surface area contributed by atoms with Crippen LogP contribution in [0.5, 0.6) is 0 Å². The van der Waals surface area contributed by atoms with Crippen LogP contribution in [-0.4, -0.2) is 10.6 Å². The van der Waals surface area contributed by atoms with E-state index in [4.69, 9.17) is 0 Å². The van der Waals surface area contributed by atoms with Gasteiger partial charge in [0.1, 0.15) is 0 Å². The number of fused-ring (bicyclic) bond motifs is 1. The van der Waals surface area contributed by atoms with Gasteiger partial charge in [-0.1, -0.05) is 57.9 Å². The van der Waals surface area contributed by atoms with Gasteiger partial charge < -0.3 is 0 Å². The topological polar surface area (TPSA) is 17.1 Å². The van der Waals surface area contributed by atoms with Crippen molar-refractivity contribution in [3.63, 3.8) is 0 Å². The minimum Gasteiger partial charge on any atom is -0.293 e. The number of carbonyl (C=O) groups excluding carboxylic acids is 1. The molecule has 0 radical (unpaired) electrons. The molecule has 0 N–H and O–H groups in total. The SMILES string of the molecule is Cc1ccc2c(C(=O)C(C)Br)cccc2c1. The monoisotopic (exact) mass is 276 g/mol. The Morgan fingerprint density at radius 1 is 1.25 bits per heavy atom. The van der Waals surface area contributed by atoms with Crippen LogP contribution in [0, 0.1) is 6.92 Å². The third-order valence-corrected chi connectivity index (χ3v) is 3.08. The average Bonchev–Trinajstić information content (AvgIpc) is 2.26. The molecule has 16 heavy (non-hydrogen) atoms. The molecule has 0 saturated carbocycles. The molecule has 0 heterocycles. The Balaban J connectivity index is 2.67. The Kier molecular flexibility index (Phi) is 3.10. The third kappa shape index (κ3) is 2.03. The molecule has 1 nitrogen and oxygen atoms in total. The summed E-state index contributed by atoms with van der Waals surface area (Å²) in [6, 6.07) is 12.0. The number of alkyl halides is 1. The summed E-state index contributed by atoms with van der Waals surface area (Å²) >= 11 is 3.33. The van der Waals surface area contributed by atoms with Gasteiger partial charge in [0.2, 0.25) is 0 Å². The summed E-state index contributed by atoms with van der Waals surface area (Å²) in [6.45, 7) is 3.91. The smallest absolute Gasteiger partial charge is 0.176 e. The second kappa shape index (κ2) is 4.38. The number of halogens is 1. The number of carbonyl (C=O) groups is 1. The van der Waals surface area contributed by atoms with E-state index in [2.05, 4.69) is 28.9 Å². The second-order valence-electron chi connectivity index (χ2n) is 4.01. The number of ketones is 1. The molecule has 0 aliphatic rings. The lowest BCUT2D eigenvalue weighted by Gasteiger charge is -2.07. The Bertz CT molecular complexity index is 543. The summed E-state index contributed by atoms with van der Waals surface area (Å²) in [6.07, 6.45) is 0. The van der Waals surface area contributed by atoms with E-state index in [9.17, 15) is 4.79 Å². The summed E-state index contributed by atoms with van der Waals surface area (Å²) < 4.78 is 0. The van der Waals surface area contributed by atoms with Crippen LogP contribution in [-0.2, 0) is 0 Å². The van der Waals surface area contributed by atoms with Gasteiger partial charge in [0.15, 0.2) is 5.78 Å². The highest BCUT2D eigenvalue weighted by Crippen LogP contribution is 2.22. The quantitative estimate of drug-likeness (QED) is 0.596. The molecule has 0 bridgehead atoms. The highest BCUT2D eigenvalue weighted by molar-refractivity contribution is 9.10. The molecule has 0 spiro atoms. The minimum atomic E-state index is -0.139. The highest BCUT2D eigenvalue weighted by atomic mass is 79.9. The predicted molar refractivity (Wildman–Crippen MR) is 71.4 cm³/mol. The number of Topliss-reactive ketones (excluding diaryl/α,β-unsaturated/α-hetero) is 1. The van der Waals surface area contributed by atoms with E-state index < -0.39 is 0 Å². The zero-order valence-corrected chi connectivity index (χ0v) is 10.9. The van der Waals surface area contributed by atoms with Crippen molar-refractivity contribution < 1.29 is 4.79 Å². The van der Waals surface area contributed by atoms with Gasteiger partial charge >= 0.3 is 0 Å². The van der Waals surface area contributed by atoms with Gasteiger partial charge in [0.25, 0.3) is 0 Å². The normalized spacial score (nSPS) is 12.7. The zero-order chi connectivity index (χ0) is 11.7. The van der Waals surface area contributed by atoms with E-state index in [0.717, 1.165) is 16.3 Å². The Morgan fingerprint density at radius 3 is 2.69 bits per heavy atom. The number of benzene rings is 2. The van der Waals surface area contributed by atoms with Crippen LogP contribution >= 0.6 is 15.9 Å². The Hall–Kier alpha value is -1.15. The van der Waals surface area contributed by atoms with E-state index in [1.807, 2.05) is 37.3 Å². The molecule has 0 aliphatic heterocycles. The maximum Gasteiger partial charge on any atom is 0.176 e. The summed E-state index contributed by atoms with van der Waals surface area (Å²) in [5.74, 6) is 0.134. The largest absolute Gasteiger partial charge is 0.293 e. The van der Waals surface area contributed by atoms with Crippen LogP contribution in [0.1, 0.15) is 22.8 Å². The molecule has 0 aliphatic carbocycles. The van der Waals surface area contributed by atoms with Crippen LogP contribution in [0.2, 0.25) is 0 Å². The van der Waals surface area contributed by atoms with E-state index >= 15 is 0 Å². The van der Waals surface area contributed by atoms with Gasteiger partial charge in [-0.05, 0) is 24.6 Å². The van der Waals surface area contributed by atoms with Crippen molar-refractivity contribution in [2.45, 2.75) is 18.7 Å². The molecule has 0 amide bonds. The van der Waals surface area contributed by atoms with Crippen LogP contribution in [0.4, 0.5) is 0 Å². The Morgan fingerprint density at radius 2 is 2.00 bits per heavy atom. The lowest BCUT2D eigenvalue weighted by atomic mass is 9.99. The zero-order valence-electron chi connectivity index (χ0n) is 9.33. The number of hydrogen-bond donors (Lipinski definition) is 0. The number of aryl methyl sites for hydroxylation is 1. The average molecular weight is 277 g/mol.